The topological polar surface area (TPSA) is 79.4 Å². The summed E-state index contributed by atoms with van der Waals surface area (Å²) in [5.74, 6) is 0.432. The number of rotatable bonds is 7. The van der Waals surface area contributed by atoms with Crippen molar-refractivity contribution in [3.8, 4) is 0 Å². The number of nitrogens with two attached hydrogens (primary N) is 1. The Bertz CT molecular complexity index is 622. The SMILES string of the molecule is CCCOCCOC(=O)Cn1c(C)nc2c(N)cccc21. The van der Waals surface area contributed by atoms with Crippen LogP contribution in [0.3, 0.4) is 0 Å². The highest BCUT2D eigenvalue weighted by atomic mass is 16.6. The van der Waals surface area contributed by atoms with Crippen LogP contribution in [0.25, 0.3) is 11.0 Å². The second-order valence-electron chi connectivity index (χ2n) is 4.79. The molecule has 6 heteroatoms. The van der Waals surface area contributed by atoms with Crippen LogP contribution in [-0.4, -0.2) is 35.3 Å². The minimum atomic E-state index is -0.306. The average molecular weight is 291 g/mol. The van der Waals surface area contributed by atoms with Crippen molar-refractivity contribution < 1.29 is 14.3 Å². The Labute approximate surface area is 123 Å². The lowest BCUT2D eigenvalue weighted by molar-refractivity contribution is -0.145. The van der Waals surface area contributed by atoms with Crippen LogP contribution in [-0.2, 0) is 20.8 Å². The van der Waals surface area contributed by atoms with E-state index in [1.54, 1.807) is 10.6 Å². The van der Waals surface area contributed by atoms with Crippen molar-refractivity contribution in [1.29, 1.82) is 0 Å². The van der Waals surface area contributed by atoms with Gasteiger partial charge in [0, 0.05) is 6.61 Å². The lowest BCUT2D eigenvalue weighted by Gasteiger charge is -2.08. The van der Waals surface area contributed by atoms with Crippen LogP contribution in [0.15, 0.2) is 18.2 Å². The average Bonchev–Trinajstić information content (AvgIpc) is 2.77. The number of carbonyl (C=O) groups excluding carboxylic acids is 1. The molecule has 2 N–H and O–H groups in total. The van der Waals surface area contributed by atoms with Crippen molar-refractivity contribution in [3.05, 3.63) is 24.0 Å². The molecule has 2 rings (SSSR count). The summed E-state index contributed by atoms with van der Waals surface area (Å²) in [4.78, 5) is 16.3. The standard InChI is InChI=1S/C15H21N3O3/c1-3-7-20-8-9-21-14(19)10-18-11(2)17-15-12(16)5-4-6-13(15)18/h4-6H,3,7-10,16H2,1-2H3. The molecule has 2 aromatic rings. The maximum absolute atomic E-state index is 11.9. The summed E-state index contributed by atoms with van der Waals surface area (Å²) in [7, 11) is 0. The third-order valence-electron chi connectivity index (χ3n) is 3.13. The smallest absolute Gasteiger partial charge is 0.326 e. The minimum absolute atomic E-state index is 0.125. The van der Waals surface area contributed by atoms with Gasteiger partial charge in [0.05, 0.1) is 17.8 Å². The summed E-state index contributed by atoms with van der Waals surface area (Å²) in [6.07, 6.45) is 0.954. The lowest BCUT2D eigenvalue weighted by Crippen LogP contribution is -2.17. The molecule has 21 heavy (non-hydrogen) atoms. The molecule has 0 amide bonds. The van der Waals surface area contributed by atoms with E-state index in [4.69, 9.17) is 15.2 Å². The summed E-state index contributed by atoms with van der Waals surface area (Å²) >= 11 is 0. The molecule has 0 saturated heterocycles. The van der Waals surface area contributed by atoms with Crippen molar-refractivity contribution in [2.75, 3.05) is 25.6 Å². The molecule has 1 aromatic carbocycles. The fraction of sp³-hybridized carbons (Fsp3) is 0.467. The zero-order valence-corrected chi connectivity index (χ0v) is 12.5. The van der Waals surface area contributed by atoms with E-state index in [2.05, 4.69) is 4.98 Å². The number of esters is 1. The van der Waals surface area contributed by atoms with Gasteiger partial charge < -0.3 is 19.8 Å². The molecule has 0 aliphatic heterocycles. The van der Waals surface area contributed by atoms with Crippen molar-refractivity contribution in [2.45, 2.75) is 26.8 Å². The lowest BCUT2D eigenvalue weighted by atomic mass is 10.3. The quantitative estimate of drug-likeness (QED) is 0.479. The first kappa shape index (κ1) is 15.3. The van der Waals surface area contributed by atoms with Crippen LogP contribution in [0.5, 0.6) is 0 Å². The number of para-hydroxylation sites is 1. The second kappa shape index (κ2) is 7.08. The number of hydrogen-bond donors (Lipinski definition) is 1. The summed E-state index contributed by atoms with van der Waals surface area (Å²) in [6.45, 7) is 5.38. The third kappa shape index (κ3) is 3.72. The first-order valence-corrected chi connectivity index (χ1v) is 7.08. The molecule has 1 heterocycles. The molecule has 0 saturated carbocycles. The highest BCUT2D eigenvalue weighted by molar-refractivity contribution is 5.88. The molecule has 0 fully saturated rings. The van der Waals surface area contributed by atoms with Gasteiger partial charge >= 0.3 is 5.97 Å². The minimum Gasteiger partial charge on any atom is -0.462 e. The molecule has 0 bridgehead atoms. The zero-order valence-electron chi connectivity index (χ0n) is 12.5. The Balaban J connectivity index is 1.98. The molecule has 0 aliphatic rings. The van der Waals surface area contributed by atoms with Gasteiger partial charge in [0.15, 0.2) is 0 Å². The third-order valence-corrected chi connectivity index (χ3v) is 3.13. The Hall–Kier alpha value is -2.08. The van der Waals surface area contributed by atoms with Gasteiger partial charge in [-0.2, -0.15) is 0 Å². The number of benzene rings is 1. The monoisotopic (exact) mass is 291 g/mol. The van der Waals surface area contributed by atoms with Crippen molar-refractivity contribution >= 4 is 22.7 Å². The molecule has 0 radical (unpaired) electrons. The van der Waals surface area contributed by atoms with Crippen LogP contribution in [0.1, 0.15) is 19.2 Å². The van der Waals surface area contributed by atoms with Crippen LogP contribution >= 0.6 is 0 Å². The van der Waals surface area contributed by atoms with E-state index >= 15 is 0 Å². The first-order valence-electron chi connectivity index (χ1n) is 7.08. The predicted octanol–water partition coefficient (Wildman–Crippen LogP) is 1.90. The van der Waals surface area contributed by atoms with Gasteiger partial charge in [0.1, 0.15) is 24.5 Å². The van der Waals surface area contributed by atoms with Crippen LogP contribution in [0, 0.1) is 6.92 Å². The molecular formula is C15H21N3O3. The van der Waals surface area contributed by atoms with Crippen molar-refractivity contribution in [1.82, 2.24) is 9.55 Å². The van der Waals surface area contributed by atoms with E-state index in [0.29, 0.717) is 24.4 Å². The predicted molar refractivity (Wildman–Crippen MR) is 81.0 cm³/mol. The number of nitrogens with zero attached hydrogens (tertiary/aromatic N) is 2. The molecule has 0 spiro atoms. The van der Waals surface area contributed by atoms with E-state index in [9.17, 15) is 4.79 Å². The van der Waals surface area contributed by atoms with E-state index < -0.39 is 0 Å². The fourth-order valence-corrected chi connectivity index (χ4v) is 2.12. The number of ether oxygens (including phenoxy) is 2. The second-order valence-corrected chi connectivity index (χ2v) is 4.79. The van der Waals surface area contributed by atoms with Crippen LogP contribution < -0.4 is 5.73 Å². The van der Waals surface area contributed by atoms with Gasteiger partial charge in [-0.25, -0.2) is 4.98 Å². The molecular weight excluding hydrogens is 270 g/mol. The maximum Gasteiger partial charge on any atom is 0.326 e. The summed E-state index contributed by atoms with van der Waals surface area (Å²) < 4.78 is 12.2. The van der Waals surface area contributed by atoms with E-state index in [-0.39, 0.29) is 19.1 Å². The molecule has 1 aromatic heterocycles. The number of aryl methyl sites for hydroxylation is 1. The molecule has 0 unspecified atom stereocenters. The Kier molecular flexibility index (Phi) is 5.16. The number of fused-ring (bicyclic) bond motifs is 1. The van der Waals surface area contributed by atoms with Crippen molar-refractivity contribution in [3.63, 3.8) is 0 Å². The largest absolute Gasteiger partial charge is 0.462 e. The van der Waals surface area contributed by atoms with Gasteiger partial charge in [0.2, 0.25) is 0 Å². The highest BCUT2D eigenvalue weighted by Crippen LogP contribution is 2.21. The highest BCUT2D eigenvalue weighted by Gasteiger charge is 2.13. The first-order chi connectivity index (χ1) is 10.1. The van der Waals surface area contributed by atoms with Gasteiger partial charge in [-0.1, -0.05) is 13.0 Å². The number of imidazole rings is 1. The van der Waals surface area contributed by atoms with E-state index in [1.165, 1.54) is 0 Å². The van der Waals surface area contributed by atoms with Crippen molar-refractivity contribution in [2.24, 2.45) is 0 Å². The Morgan fingerprint density at radius 3 is 2.90 bits per heavy atom. The van der Waals surface area contributed by atoms with Crippen LogP contribution in [0.2, 0.25) is 0 Å². The van der Waals surface area contributed by atoms with Gasteiger partial charge in [-0.05, 0) is 25.5 Å². The van der Waals surface area contributed by atoms with E-state index in [1.807, 2.05) is 26.0 Å². The molecule has 0 atom stereocenters. The molecule has 6 nitrogen and oxygen atoms in total. The Morgan fingerprint density at radius 2 is 2.14 bits per heavy atom. The molecule has 0 aliphatic carbocycles. The normalized spacial score (nSPS) is 11.0. The fourth-order valence-electron chi connectivity index (χ4n) is 2.12. The van der Waals surface area contributed by atoms with Gasteiger partial charge in [0.25, 0.3) is 0 Å². The Morgan fingerprint density at radius 1 is 1.33 bits per heavy atom. The van der Waals surface area contributed by atoms with Gasteiger partial charge in [-0.15, -0.1) is 0 Å². The summed E-state index contributed by atoms with van der Waals surface area (Å²) in [6, 6.07) is 5.53. The molecule has 114 valence electrons. The number of anilines is 1. The number of carbonyl (C=O) groups is 1. The maximum atomic E-state index is 11.9. The van der Waals surface area contributed by atoms with Crippen LogP contribution in [0.4, 0.5) is 5.69 Å². The van der Waals surface area contributed by atoms with E-state index in [0.717, 1.165) is 17.8 Å². The number of hydrogen-bond acceptors (Lipinski definition) is 5. The number of nitrogen functional groups attached to an aromatic ring is 1. The van der Waals surface area contributed by atoms with Gasteiger partial charge in [-0.3, -0.25) is 4.79 Å². The number of aromatic nitrogens is 2. The summed E-state index contributed by atoms with van der Waals surface area (Å²) in [5.41, 5.74) is 8.05. The summed E-state index contributed by atoms with van der Waals surface area (Å²) in [5, 5.41) is 0. The zero-order chi connectivity index (χ0) is 15.2.